The Morgan fingerprint density at radius 3 is 2.46 bits per heavy atom. The predicted octanol–water partition coefficient (Wildman–Crippen LogP) is 5.61. The Hall–Kier alpha value is -1.90. The van der Waals surface area contributed by atoms with Crippen LogP contribution >= 0.6 is 0 Å². The number of carbonyl (C=O) groups is 1. The summed E-state index contributed by atoms with van der Waals surface area (Å²) in [7, 11) is 0. The lowest BCUT2D eigenvalue weighted by atomic mass is 9.59. The lowest BCUT2D eigenvalue weighted by Crippen LogP contribution is -2.41. The standard InChI is InChI=1S/C21H25FO2/c1-15(20(23)24)21(17-10-6-3-7-11-17)13-12-18(19(22)14-21)16-8-4-2-5-9-16/h2,4-5,8-9,12-13,15,17H,3,6-7,10-11,14H2,1H3,(H,23,24). The minimum absolute atomic E-state index is 0.178. The molecule has 3 heteroatoms. The normalized spacial score (nSPS) is 26.4. The number of rotatable bonds is 4. The largest absolute Gasteiger partial charge is 0.481 e. The molecule has 0 spiro atoms. The lowest BCUT2D eigenvalue weighted by molar-refractivity contribution is -0.146. The Morgan fingerprint density at radius 1 is 1.21 bits per heavy atom. The molecule has 2 nitrogen and oxygen atoms in total. The van der Waals surface area contributed by atoms with E-state index < -0.39 is 17.3 Å². The van der Waals surface area contributed by atoms with Crippen LogP contribution in [0.25, 0.3) is 5.57 Å². The number of carboxylic acids is 1. The van der Waals surface area contributed by atoms with Crippen LogP contribution < -0.4 is 0 Å². The molecular formula is C21H25FO2. The van der Waals surface area contributed by atoms with Crippen molar-refractivity contribution in [2.45, 2.75) is 45.4 Å². The van der Waals surface area contributed by atoms with E-state index in [0.717, 1.165) is 31.2 Å². The van der Waals surface area contributed by atoms with Crippen LogP contribution in [0, 0.1) is 17.3 Å². The minimum Gasteiger partial charge on any atom is -0.481 e. The fraction of sp³-hybridized carbons (Fsp3) is 0.476. The topological polar surface area (TPSA) is 37.3 Å². The van der Waals surface area contributed by atoms with Crippen molar-refractivity contribution in [3.05, 3.63) is 53.9 Å². The monoisotopic (exact) mass is 328 g/mol. The molecule has 0 aromatic heterocycles. The van der Waals surface area contributed by atoms with Crippen LogP contribution in [0.15, 0.2) is 48.3 Å². The molecule has 0 bridgehead atoms. The van der Waals surface area contributed by atoms with Gasteiger partial charge in [-0.15, -0.1) is 0 Å². The molecule has 1 fully saturated rings. The second-order valence-electron chi connectivity index (χ2n) is 7.20. The van der Waals surface area contributed by atoms with E-state index in [4.69, 9.17) is 0 Å². The maximum atomic E-state index is 15.0. The van der Waals surface area contributed by atoms with Crippen LogP contribution in [-0.4, -0.2) is 11.1 Å². The molecular weight excluding hydrogens is 303 g/mol. The third-order valence-corrected chi connectivity index (χ3v) is 5.94. The summed E-state index contributed by atoms with van der Waals surface area (Å²) in [5, 5.41) is 9.63. The van der Waals surface area contributed by atoms with E-state index in [1.165, 1.54) is 6.42 Å². The Kier molecular flexibility index (Phi) is 4.88. The van der Waals surface area contributed by atoms with Gasteiger partial charge < -0.3 is 5.11 Å². The van der Waals surface area contributed by atoms with Gasteiger partial charge >= 0.3 is 5.97 Å². The summed E-state index contributed by atoms with van der Waals surface area (Å²) in [6.45, 7) is 1.74. The van der Waals surface area contributed by atoms with E-state index in [-0.39, 0.29) is 18.2 Å². The van der Waals surface area contributed by atoms with E-state index >= 15 is 4.39 Å². The van der Waals surface area contributed by atoms with Crippen LogP contribution in [0.2, 0.25) is 0 Å². The van der Waals surface area contributed by atoms with Crippen LogP contribution in [0.1, 0.15) is 51.0 Å². The van der Waals surface area contributed by atoms with Crippen molar-refractivity contribution in [1.29, 1.82) is 0 Å². The zero-order valence-corrected chi connectivity index (χ0v) is 14.2. The van der Waals surface area contributed by atoms with E-state index in [0.29, 0.717) is 5.57 Å². The second kappa shape index (κ2) is 6.92. The molecule has 24 heavy (non-hydrogen) atoms. The Bertz CT molecular complexity index is 656. The zero-order valence-electron chi connectivity index (χ0n) is 14.2. The summed E-state index contributed by atoms with van der Waals surface area (Å²) in [5.41, 5.74) is 0.848. The van der Waals surface area contributed by atoms with Gasteiger partial charge in [-0.3, -0.25) is 4.79 Å². The molecule has 2 aliphatic carbocycles. The highest BCUT2D eigenvalue weighted by atomic mass is 19.1. The number of carboxylic acid groups (broad SMARTS) is 1. The summed E-state index contributed by atoms with van der Waals surface area (Å²) in [6.07, 6.45) is 9.45. The molecule has 2 aliphatic rings. The van der Waals surface area contributed by atoms with Crippen molar-refractivity contribution in [3.63, 3.8) is 0 Å². The number of aliphatic carboxylic acids is 1. The van der Waals surface area contributed by atoms with Gasteiger partial charge in [-0.1, -0.05) is 68.7 Å². The molecule has 1 saturated carbocycles. The molecule has 1 N–H and O–H groups in total. The molecule has 0 saturated heterocycles. The van der Waals surface area contributed by atoms with Crippen LogP contribution in [0.4, 0.5) is 4.39 Å². The van der Waals surface area contributed by atoms with Crippen molar-refractivity contribution >= 4 is 11.5 Å². The van der Waals surface area contributed by atoms with Crippen molar-refractivity contribution in [2.24, 2.45) is 17.3 Å². The number of hydrogen-bond donors (Lipinski definition) is 1. The molecule has 128 valence electrons. The third kappa shape index (κ3) is 3.04. The highest BCUT2D eigenvalue weighted by Gasteiger charge is 2.47. The van der Waals surface area contributed by atoms with Crippen LogP contribution in [0.5, 0.6) is 0 Å². The summed E-state index contributed by atoms with van der Waals surface area (Å²) in [6, 6.07) is 9.49. The second-order valence-corrected chi connectivity index (χ2v) is 7.20. The third-order valence-electron chi connectivity index (χ3n) is 5.94. The van der Waals surface area contributed by atoms with Crippen molar-refractivity contribution in [3.8, 4) is 0 Å². The molecule has 1 aromatic rings. The molecule has 3 rings (SSSR count). The quantitative estimate of drug-likeness (QED) is 0.779. The summed E-state index contributed by atoms with van der Waals surface area (Å²) in [4.78, 5) is 11.7. The number of allylic oxidation sites excluding steroid dienone is 4. The fourth-order valence-electron chi connectivity index (χ4n) is 4.42. The van der Waals surface area contributed by atoms with Gasteiger partial charge in [-0.2, -0.15) is 0 Å². The van der Waals surface area contributed by atoms with Gasteiger partial charge in [0.15, 0.2) is 0 Å². The fourth-order valence-corrected chi connectivity index (χ4v) is 4.42. The molecule has 0 heterocycles. The van der Waals surface area contributed by atoms with Gasteiger partial charge in [0, 0.05) is 17.4 Å². The first-order valence-electron chi connectivity index (χ1n) is 8.91. The van der Waals surface area contributed by atoms with E-state index in [2.05, 4.69) is 0 Å². The summed E-state index contributed by atoms with van der Waals surface area (Å²) >= 11 is 0. The molecule has 2 atom stereocenters. The van der Waals surface area contributed by atoms with Gasteiger partial charge in [-0.25, -0.2) is 4.39 Å². The first kappa shape index (κ1) is 16.9. The SMILES string of the molecule is CC(C(=O)O)C1(C2CCCCC2)C=CC(c2ccccc2)=C(F)C1. The zero-order chi connectivity index (χ0) is 17.2. The Morgan fingerprint density at radius 2 is 1.88 bits per heavy atom. The van der Waals surface area contributed by atoms with E-state index in [1.54, 1.807) is 6.92 Å². The molecule has 0 radical (unpaired) electrons. The van der Waals surface area contributed by atoms with Crippen LogP contribution in [-0.2, 0) is 4.79 Å². The van der Waals surface area contributed by atoms with Gasteiger partial charge in [0.2, 0.25) is 0 Å². The minimum atomic E-state index is -0.832. The first-order chi connectivity index (χ1) is 11.5. The van der Waals surface area contributed by atoms with Gasteiger partial charge in [0.25, 0.3) is 0 Å². The van der Waals surface area contributed by atoms with E-state index in [1.807, 2.05) is 42.5 Å². The van der Waals surface area contributed by atoms with Gasteiger partial charge in [0.05, 0.1) is 5.92 Å². The highest BCUT2D eigenvalue weighted by Crippen LogP contribution is 2.52. The Balaban J connectivity index is 1.96. The highest BCUT2D eigenvalue weighted by molar-refractivity contribution is 5.78. The number of halogens is 1. The average Bonchev–Trinajstić information content (AvgIpc) is 2.62. The molecule has 0 aliphatic heterocycles. The van der Waals surface area contributed by atoms with Crippen LogP contribution in [0.3, 0.4) is 0 Å². The smallest absolute Gasteiger partial charge is 0.307 e. The van der Waals surface area contributed by atoms with Gasteiger partial charge in [0.1, 0.15) is 5.83 Å². The Labute approximate surface area is 143 Å². The summed E-state index contributed by atoms with van der Waals surface area (Å²) < 4.78 is 15.0. The number of hydrogen-bond acceptors (Lipinski definition) is 1. The predicted molar refractivity (Wildman–Crippen MR) is 94.0 cm³/mol. The first-order valence-corrected chi connectivity index (χ1v) is 8.91. The maximum Gasteiger partial charge on any atom is 0.307 e. The molecule has 0 amide bonds. The van der Waals surface area contributed by atoms with Crippen molar-refractivity contribution < 1.29 is 14.3 Å². The number of benzene rings is 1. The molecule has 1 aromatic carbocycles. The van der Waals surface area contributed by atoms with E-state index in [9.17, 15) is 9.90 Å². The van der Waals surface area contributed by atoms with Gasteiger partial charge in [-0.05, 0) is 24.3 Å². The maximum absolute atomic E-state index is 15.0. The van der Waals surface area contributed by atoms with Crippen molar-refractivity contribution in [1.82, 2.24) is 0 Å². The lowest BCUT2D eigenvalue weighted by Gasteiger charge is -2.45. The average molecular weight is 328 g/mol. The van der Waals surface area contributed by atoms with Crippen molar-refractivity contribution in [2.75, 3.05) is 0 Å². The molecule has 2 unspecified atom stereocenters. The summed E-state index contributed by atoms with van der Waals surface area (Å²) in [5.74, 6) is -1.35.